The van der Waals surface area contributed by atoms with E-state index in [1.807, 2.05) is 0 Å². The van der Waals surface area contributed by atoms with E-state index in [9.17, 15) is 9.18 Å². The third-order valence-electron chi connectivity index (χ3n) is 3.74. The van der Waals surface area contributed by atoms with E-state index in [0.717, 1.165) is 17.0 Å². The van der Waals surface area contributed by atoms with E-state index in [4.69, 9.17) is 9.26 Å². The number of fused-ring (bicyclic) bond motifs is 1. The summed E-state index contributed by atoms with van der Waals surface area (Å²) in [5, 5.41) is 7.19. The van der Waals surface area contributed by atoms with Gasteiger partial charge in [-0.2, -0.15) is 0 Å². The number of benzene rings is 1. The fourth-order valence-electron chi connectivity index (χ4n) is 2.49. The average molecular weight is 319 g/mol. The first-order valence-corrected chi connectivity index (χ1v) is 7.35. The van der Waals surface area contributed by atoms with Crippen molar-refractivity contribution in [2.24, 2.45) is 0 Å². The first-order chi connectivity index (χ1) is 11.1. The molecule has 0 unspecified atom stereocenters. The Balaban J connectivity index is 1.81. The van der Waals surface area contributed by atoms with Gasteiger partial charge in [0, 0.05) is 31.8 Å². The van der Waals surface area contributed by atoms with E-state index >= 15 is 0 Å². The number of nitrogens with zero attached hydrogens (tertiary/aromatic N) is 2. The molecule has 1 aromatic carbocycles. The summed E-state index contributed by atoms with van der Waals surface area (Å²) in [6.07, 6.45) is 0.712. The minimum atomic E-state index is -0.451. The molecule has 0 saturated carbocycles. The van der Waals surface area contributed by atoms with Crippen LogP contribution in [0.25, 0.3) is 0 Å². The maximum atomic E-state index is 13.5. The van der Waals surface area contributed by atoms with Crippen molar-refractivity contribution in [3.63, 3.8) is 0 Å². The normalized spacial score (nSPS) is 13.5. The second-order valence-electron chi connectivity index (χ2n) is 5.58. The molecular weight excluding hydrogens is 301 g/mol. The molecule has 0 fully saturated rings. The molecule has 0 spiro atoms. The lowest BCUT2D eigenvalue weighted by Gasteiger charge is -2.16. The van der Waals surface area contributed by atoms with Crippen molar-refractivity contribution in [1.82, 2.24) is 10.1 Å². The third-order valence-corrected chi connectivity index (χ3v) is 3.74. The molecule has 7 heteroatoms. The molecule has 1 aliphatic heterocycles. The molecule has 0 atom stereocenters. The number of carbonyl (C=O) groups excluding carboxylic acids is 1. The van der Waals surface area contributed by atoms with Crippen molar-refractivity contribution >= 4 is 11.6 Å². The Labute approximate surface area is 133 Å². The van der Waals surface area contributed by atoms with Crippen LogP contribution in [0.2, 0.25) is 0 Å². The smallest absolute Gasteiger partial charge is 0.255 e. The average Bonchev–Trinajstić information content (AvgIpc) is 2.96. The number of amides is 1. The maximum absolute atomic E-state index is 13.5. The number of hydrogen-bond donors (Lipinski definition) is 1. The summed E-state index contributed by atoms with van der Waals surface area (Å²) in [5.74, 6) is 0.127. The van der Waals surface area contributed by atoms with Crippen molar-refractivity contribution in [3.05, 3.63) is 46.6 Å². The summed E-state index contributed by atoms with van der Waals surface area (Å²) in [7, 11) is 3.25. The van der Waals surface area contributed by atoms with Gasteiger partial charge in [0.2, 0.25) is 0 Å². The standard InChI is InChI=1S/C16H18FN3O3/c1-20(2)16(21)11-7-10(17)3-4-13(11)18-8-14-12-9-22-6-5-15(12)23-19-14/h3-4,7,18H,5-6,8-9H2,1-2H3. The van der Waals surface area contributed by atoms with Gasteiger partial charge in [-0.05, 0) is 18.2 Å². The van der Waals surface area contributed by atoms with E-state index in [2.05, 4.69) is 10.5 Å². The van der Waals surface area contributed by atoms with Crippen molar-refractivity contribution in [3.8, 4) is 0 Å². The predicted molar refractivity (Wildman–Crippen MR) is 81.6 cm³/mol. The van der Waals surface area contributed by atoms with Gasteiger partial charge in [0.25, 0.3) is 5.91 Å². The van der Waals surface area contributed by atoms with E-state index < -0.39 is 5.82 Å². The molecule has 3 rings (SSSR count). The highest BCUT2D eigenvalue weighted by Gasteiger charge is 2.20. The topological polar surface area (TPSA) is 67.6 Å². The summed E-state index contributed by atoms with van der Waals surface area (Å²) < 4.78 is 24.2. The lowest BCUT2D eigenvalue weighted by Crippen LogP contribution is -2.23. The Hall–Kier alpha value is -2.41. The Morgan fingerprint density at radius 1 is 1.43 bits per heavy atom. The van der Waals surface area contributed by atoms with Gasteiger partial charge in [-0.25, -0.2) is 4.39 Å². The summed E-state index contributed by atoms with van der Waals surface area (Å²) in [6.45, 7) is 1.48. The van der Waals surface area contributed by atoms with Crippen LogP contribution in [0.4, 0.5) is 10.1 Å². The SMILES string of the molecule is CN(C)C(=O)c1cc(F)ccc1NCc1noc2c1COCC2. The summed E-state index contributed by atoms with van der Waals surface area (Å²) in [6, 6.07) is 4.09. The zero-order valence-corrected chi connectivity index (χ0v) is 13.1. The highest BCUT2D eigenvalue weighted by molar-refractivity contribution is 5.99. The van der Waals surface area contributed by atoms with Crippen LogP contribution >= 0.6 is 0 Å². The van der Waals surface area contributed by atoms with Crippen LogP contribution in [-0.4, -0.2) is 36.7 Å². The Kier molecular flexibility index (Phi) is 4.29. The van der Waals surface area contributed by atoms with Crippen LogP contribution in [0, 0.1) is 5.82 Å². The number of aromatic nitrogens is 1. The summed E-state index contributed by atoms with van der Waals surface area (Å²) in [5.41, 5.74) is 2.53. The fraction of sp³-hybridized carbons (Fsp3) is 0.375. The molecule has 1 aliphatic rings. The Morgan fingerprint density at radius 2 is 2.26 bits per heavy atom. The molecule has 23 heavy (non-hydrogen) atoms. The number of ether oxygens (including phenoxy) is 1. The molecule has 1 N–H and O–H groups in total. The van der Waals surface area contributed by atoms with Gasteiger partial charge in [-0.3, -0.25) is 4.79 Å². The summed E-state index contributed by atoms with van der Waals surface area (Å²) in [4.78, 5) is 13.6. The third kappa shape index (κ3) is 3.19. The van der Waals surface area contributed by atoms with Gasteiger partial charge in [0.15, 0.2) is 0 Å². The highest BCUT2D eigenvalue weighted by atomic mass is 19.1. The number of halogens is 1. The molecule has 0 radical (unpaired) electrons. The van der Waals surface area contributed by atoms with Crippen LogP contribution in [0.15, 0.2) is 22.7 Å². The van der Waals surface area contributed by atoms with Gasteiger partial charge in [0.05, 0.1) is 25.3 Å². The minimum Gasteiger partial charge on any atom is -0.379 e. The van der Waals surface area contributed by atoms with Crippen LogP contribution in [-0.2, 0) is 24.3 Å². The Morgan fingerprint density at radius 3 is 3.04 bits per heavy atom. The summed E-state index contributed by atoms with van der Waals surface area (Å²) >= 11 is 0. The number of anilines is 1. The van der Waals surface area contributed by atoms with Crippen molar-refractivity contribution in [2.75, 3.05) is 26.0 Å². The zero-order valence-electron chi connectivity index (χ0n) is 13.1. The van der Waals surface area contributed by atoms with Crippen LogP contribution in [0.3, 0.4) is 0 Å². The molecule has 2 heterocycles. The monoisotopic (exact) mass is 319 g/mol. The molecule has 2 aromatic rings. The molecule has 0 saturated heterocycles. The van der Waals surface area contributed by atoms with Gasteiger partial charge < -0.3 is 19.5 Å². The quantitative estimate of drug-likeness (QED) is 0.936. The highest BCUT2D eigenvalue weighted by Crippen LogP contribution is 2.23. The molecule has 1 amide bonds. The van der Waals surface area contributed by atoms with Gasteiger partial charge in [0.1, 0.15) is 17.3 Å². The molecule has 0 bridgehead atoms. The van der Waals surface area contributed by atoms with Crippen LogP contribution < -0.4 is 5.32 Å². The predicted octanol–water partition coefficient (Wildman–Crippen LogP) is 2.20. The van der Waals surface area contributed by atoms with Crippen LogP contribution in [0.5, 0.6) is 0 Å². The first-order valence-electron chi connectivity index (χ1n) is 7.35. The van der Waals surface area contributed by atoms with Crippen molar-refractivity contribution in [1.29, 1.82) is 0 Å². The lowest BCUT2D eigenvalue weighted by atomic mass is 10.1. The maximum Gasteiger partial charge on any atom is 0.255 e. The van der Waals surface area contributed by atoms with Gasteiger partial charge in [-0.15, -0.1) is 0 Å². The second kappa shape index (κ2) is 6.37. The largest absolute Gasteiger partial charge is 0.379 e. The van der Waals surface area contributed by atoms with Crippen LogP contribution in [0.1, 0.15) is 27.4 Å². The Bertz CT molecular complexity index is 727. The van der Waals surface area contributed by atoms with E-state index in [-0.39, 0.29) is 11.5 Å². The lowest BCUT2D eigenvalue weighted by molar-refractivity contribution is 0.0828. The zero-order chi connectivity index (χ0) is 16.4. The number of nitrogens with one attached hydrogen (secondary N) is 1. The second-order valence-corrected chi connectivity index (χ2v) is 5.58. The minimum absolute atomic E-state index is 0.266. The fourth-order valence-corrected chi connectivity index (χ4v) is 2.49. The van der Waals surface area contributed by atoms with Gasteiger partial charge >= 0.3 is 0 Å². The number of hydrogen-bond acceptors (Lipinski definition) is 5. The van der Waals surface area contributed by atoms with E-state index in [1.165, 1.54) is 17.0 Å². The van der Waals surface area contributed by atoms with E-state index in [0.29, 0.717) is 31.9 Å². The van der Waals surface area contributed by atoms with Gasteiger partial charge in [-0.1, -0.05) is 5.16 Å². The molecular formula is C16H18FN3O3. The molecule has 122 valence electrons. The molecule has 0 aliphatic carbocycles. The van der Waals surface area contributed by atoms with Crippen molar-refractivity contribution < 1.29 is 18.4 Å². The molecule has 1 aromatic heterocycles. The number of carbonyl (C=O) groups is 1. The van der Waals surface area contributed by atoms with E-state index in [1.54, 1.807) is 20.2 Å². The number of rotatable bonds is 4. The molecule has 6 nitrogen and oxygen atoms in total. The first kappa shape index (κ1) is 15.5. The van der Waals surface area contributed by atoms with Crippen molar-refractivity contribution in [2.45, 2.75) is 19.6 Å².